The van der Waals surface area contributed by atoms with Crippen LogP contribution < -0.4 is 10.6 Å². The Kier molecular flexibility index (Phi) is 4.48. The van der Waals surface area contributed by atoms with Crippen molar-refractivity contribution in [3.63, 3.8) is 0 Å². The number of aromatic nitrogens is 1. The molecule has 1 aliphatic carbocycles. The average molecular weight is 291 g/mol. The van der Waals surface area contributed by atoms with Gasteiger partial charge in [0.15, 0.2) is 0 Å². The normalized spacial score (nSPS) is 28.5. The van der Waals surface area contributed by atoms with E-state index in [0.717, 1.165) is 18.5 Å². The third-order valence-electron chi connectivity index (χ3n) is 3.98. The molecule has 114 valence electrons. The Labute approximate surface area is 123 Å². The molecule has 1 aromatic rings. The van der Waals surface area contributed by atoms with Gasteiger partial charge in [0.25, 0.3) is 0 Å². The molecule has 1 saturated carbocycles. The molecule has 6 heteroatoms. The highest BCUT2D eigenvalue weighted by Crippen LogP contribution is 2.28. The topological polar surface area (TPSA) is 83.5 Å². The van der Waals surface area contributed by atoms with E-state index in [-0.39, 0.29) is 24.0 Å². The number of pyridine rings is 1. The Bertz CT molecular complexity index is 478. The monoisotopic (exact) mass is 291 g/mol. The van der Waals surface area contributed by atoms with Crippen molar-refractivity contribution in [1.82, 2.24) is 15.6 Å². The second-order valence-corrected chi connectivity index (χ2v) is 5.69. The fraction of sp³-hybridized carbons (Fsp3) is 0.600. The molecule has 3 atom stereocenters. The number of carbonyl (C=O) groups is 1. The smallest absolute Gasteiger partial charge is 0.223 e. The molecule has 2 fully saturated rings. The van der Waals surface area contributed by atoms with Gasteiger partial charge in [-0.1, -0.05) is 6.07 Å². The molecule has 1 aromatic heterocycles. The SMILES string of the molecule is O=C(NC[C@H]1OC[C@@H](NCc2ccccn2)[C@@H]1O)C1CC1. The minimum absolute atomic E-state index is 0.0793. The van der Waals surface area contributed by atoms with E-state index < -0.39 is 6.10 Å². The molecule has 1 saturated heterocycles. The minimum atomic E-state index is -0.617. The Hall–Kier alpha value is -1.50. The average Bonchev–Trinajstić information content (AvgIpc) is 3.30. The molecular weight excluding hydrogens is 270 g/mol. The van der Waals surface area contributed by atoms with E-state index >= 15 is 0 Å². The molecule has 1 aliphatic heterocycles. The zero-order valence-electron chi connectivity index (χ0n) is 11.9. The summed E-state index contributed by atoms with van der Waals surface area (Å²) in [5.74, 6) is 0.261. The zero-order chi connectivity index (χ0) is 14.7. The van der Waals surface area contributed by atoms with Gasteiger partial charge in [0.2, 0.25) is 5.91 Å². The summed E-state index contributed by atoms with van der Waals surface area (Å²) in [7, 11) is 0. The van der Waals surface area contributed by atoms with Crippen LogP contribution in [0.15, 0.2) is 24.4 Å². The number of rotatable bonds is 6. The number of carbonyl (C=O) groups excluding carboxylic acids is 1. The minimum Gasteiger partial charge on any atom is -0.389 e. The first kappa shape index (κ1) is 14.4. The Balaban J connectivity index is 1.42. The molecule has 3 rings (SSSR count). The Morgan fingerprint density at radius 3 is 3.00 bits per heavy atom. The van der Waals surface area contributed by atoms with Crippen molar-refractivity contribution in [3.8, 4) is 0 Å². The second kappa shape index (κ2) is 6.51. The highest BCUT2D eigenvalue weighted by Gasteiger charge is 2.37. The van der Waals surface area contributed by atoms with Crippen molar-refractivity contribution < 1.29 is 14.6 Å². The van der Waals surface area contributed by atoms with E-state index in [0.29, 0.717) is 19.7 Å². The summed E-state index contributed by atoms with van der Waals surface area (Å²) < 4.78 is 5.57. The summed E-state index contributed by atoms with van der Waals surface area (Å²) in [6.45, 7) is 1.41. The fourth-order valence-corrected chi connectivity index (χ4v) is 2.47. The first-order valence-electron chi connectivity index (χ1n) is 7.44. The van der Waals surface area contributed by atoms with Gasteiger partial charge in [-0.3, -0.25) is 9.78 Å². The first-order chi connectivity index (χ1) is 10.2. The van der Waals surface area contributed by atoms with Crippen LogP contribution in [0.1, 0.15) is 18.5 Å². The van der Waals surface area contributed by atoms with Gasteiger partial charge in [-0.05, 0) is 25.0 Å². The van der Waals surface area contributed by atoms with Crippen molar-refractivity contribution in [2.24, 2.45) is 5.92 Å². The largest absolute Gasteiger partial charge is 0.389 e. The number of hydrogen-bond acceptors (Lipinski definition) is 5. The predicted octanol–water partition coefficient (Wildman–Crippen LogP) is -0.174. The number of ether oxygens (including phenoxy) is 1. The van der Waals surface area contributed by atoms with Crippen LogP contribution in [0.3, 0.4) is 0 Å². The second-order valence-electron chi connectivity index (χ2n) is 5.69. The molecule has 3 N–H and O–H groups in total. The van der Waals surface area contributed by atoms with Crippen molar-refractivity contribution >= 4 is 5.91 Å². The third-order valence-corrected chi connectivity index (χ3v) is 3.98. The van der Waals surface area contributed by atoms with E-state index in [1.165, 1.54) is 0 Å². The van der Waals surface area contributed by atoms with E-state index in [1.54, 1.807) is 6.20 Å². The van der Waals surface area contributed by atoms with Crippen LogP contribution in [0.25, 0.3) is 0 Å². The summed E-state index contributed by atoms with van der Waals surface area (Å²) in [5.41, 5.74) is 0.926. The molecule has 21 heavy (non-hydrogen) atoms. The molecule has 1 amide bonds. The molecule has 0 spiro atoms. The molecule has 0 unspecified atom stereocenters. The quantitative estimate of drug-likeness (QED) is 0.677. The molecule has 2 aliphatic rings. The summed E-state index contributed by atoms with van der Waals surface area (Å²) in [5, 5.41) is 16.3. The maximum absolute atomic E-state index is 11.6. The summed E-state index contributed by atoms with van der Waals surface area (Å²) in [4.78, 5) is 15.8. The standard InChI is InChI=1S/C15H21N3O3/c19-14-12(17-7-11-3-1-2-6-16-11)9-21-13(14)8-18-15(20)10-4-5-10/h1-3,6,10,12-14,17,19H,4-5,7-9H2,(H,18,20)/t12-,13-,14+/m1/s1. The van der Waals surface area contributed by atoms with Gasteiger partial charge < -0.3 is 20.5 Å². The van der Waals surface area contributed by atoms with Crippen molar-refractivity contribution in [1.29, 1.82) is 0 Å². The molecule has 0 radical (unpaired) electrons. The van der Waals surface area contributed by atoms with Crippen LogP contribution >= 0.6 is 0 Å². The van der Waals surface area contributed by atoms with E-state index in [4.69, 9.17) is 4.74 Å². The van der Waals surface area contributed by atoms with Gasteiger partial charge in [0.05, 0.1) is 24.4 Å². The number of amides is 1. The molecule has 2 heterocycles. The summed E-state index contributed by atoms with van der Waals surface area (Å²) >= 11 is 0. The van der Waals surface area contributed by atoms with Crippen LogP contribution in [-0.2, 0) is 16.1 Å². The highest BCUT2D eigenvalue weighted by atomic mass is 16.5. The van der Waals surface area contributed by atoms with Crippen LogP contribution in [0.2, 0.25) is 0 Å². The predicted molar refractivity (Wildman–Crippen MR) is 76.3 cm³/mol. The lowest BCUT2D eigenvalue weighted by molar-refractivity contribution is -0.123. The number of aliphatic hydroxyl groups excluding tert-OH is 1. The van der Waals surface area contributed by atoms with Gasteiger partial charge in [-0.15, -0.1) is 0 Å². The molecule has 6 nitrogen and oxygen atoms in total. The van der Waals surface area contributed by atoms with Crippen molar-refractivity contribution in [3.05, 3.63) is 30.1 Å². The van der Waals surface area contributed by atoms with Crippen LogP contribution in [-0.4, -0.2) is 47.4 Å². The van der Waals surface area contributed by atoms with Gasteiger partial charge in [0, 0.05) is 25.2 Å². The van der Waals surface area contributed by atoms with E-state index in [9.17, 15) is 9.90 Å². The lowest BCUT2D eigenvalue weighted by Gasteiger charge is -2.18. The Morgan fingerprint density at radius 2 is 2.29 bits per heavy atom. The van der Waals surface area contributed by atoms with Crippen LogP contribution in [0, 0.1) is 5.92 Å². The van der Waals surface area contributed by atoms with Gasteiger partial charge in [-0.2, -0.15) is 0 Å². The number of aliphatic hydroxyl groups is 1. The third kappa shape index (κ3) is 3.78. The van der Waals surface area contributed by atoms with Gasteiger partial charge in [-0.25, -0.2) is 0 Å². The van der Waals surface area contributed by atoms with E-state index in [2.05, 4.69) is 15.6 Å². The lowest BCUT2D eigenvalue weighted by atomic mass is 10.1. The van der Waals surface area contributed by atoms with Gasteiger partial charge >= 0.3 is 0 Å². The lowest BCUT2D eigenvalue weighted by Crippen LogP contribution is -2.44. The zero-order valence-corrected chi connectivity index (χ0v) is 11.9. The van der Waals surface area contributed by atoms with Gasteiger partial charge in [0.1, 0.15) is 6.10 Å². The molecular formula is C15H21N3O3. The fourth-order valence-electron chi connectivity index (χ4n) is 2.47. The first-order valence-corrected chi connectivity index (χ1v) is 7.44. The molecule has 0 bridgehead atoms. The number of nitrogens with one attached hydrogen (secondary N) is 2. The summed E-state index contributed by atoms with van der Waals surface area (Å²) in [6, 6.07) is 5.61. The number of nitrogens with zero attached hydrogens (tertiary/aromatic N) is 1. The van der Waals surface area contributed by atoms with Crippen molar-refractivity contribution in [2.75, 3.05) is 13.2 Å². The van der Waals surface area contributed by atoms with E-state index in [1.807, 2.05) is 18.2 Å². The van der Waals surface area contributed by atoms with Crippen LogP contribution in [0.5, 0.6) is 0 Å². The maximum atomic E-state index is 11.6. The van der Waals surface area contributed by atoms with Crippen LogP contribution in [0.4, 0.5) is 0 Å². The Morgan fingerprint density at radius 1 is 1.43 bits per heavy atom. The highest BCUT2D eigenvalue weighted by molar-refractivity contribution is 5.80. The maximum Gasteiger partial charge on any atom is 0.223 e. The van der Waals surface area contributed by atoms with Crippen molar-refractivity contribution in [2.45, 2.75) is 37.6 Å². The summed E-state index contributed by atoms with van der Waals surface area (Å²) in [6.07, 6.45) is 2.75. The molecule has 0 aromatic carbocycles. The number of hydrogen-bond donors (Lipinski definition) is 3.